The first-order chi connectivity index (χ1) is 9.97. The van der Waals surface area contributed by atoms with Crippen LogP contribution in [0.25, 0.3) is 0 Å². The van der Waals surface area contributed by atoms with E-state index in [0.29, 0.717) is 28.3 Å². The van der Waals surface area contributed by atoms with Crippen LogP contribution in [-0.2, 0) is 11.2 Å². The molecular formula is C16H13ClN2O2. The van der Waals surface area contributed by atoms with Crippen molar-refractivity contribution in [2.24, 2.45) is 0 Å². The fraction of sp³-hybridized carbons (Fsp3) is 0.125. The summed E-state index contributed by atoms with van der Waals surface area (Å²) in [7, 11) is 1.73. The first kappa shape index (κ1) is 13.6. The van der Waals surface area contributed by atoms with Gasteiger partial charge in [0.1, 0.15) is 0 Å². The average Bonchev–Trinajstić information content (AvgIpc) is 2.75. The second kappa shape index (κ2) is 4.90. The molecular weight excluding hydrogens is 288 g/mol. The third kappa shape index (κ3) is 2.28. The standard InChI is InChI=1S/C16H13ClN2O2/c1-19-14-5-2-9(6-10(14)7-15(19)20)16(21)12-8-11(17)3-4-13(12)18/h2-6,8H,7,18H2,1H3. The van der Waals surface area contributed by atoms with Crippen molar-refractivity contribution in [1.82, 2.24) is 0 Å². The van der Waals surface area contributed by atoms with Gasteiger partial charge in [0.2, 0.25) is 5.91 Å². The zero-order chi connectivity index (χ0) is 15.1. The van der Waals surface area contributed by atoms with Crippen LogP contribution in [0.4, 0.5) is 11.4 Å². The number of likely N-dealkylation sites (N-methyl/N-ethyl adjacent to an activating group) is 1. The van der Waals surface area contributed by atoms with Gasteiger partial charge in [-0.25, -0.2) is 0 Å². The molecule has 106 valence electrons. The van der Waals surface area contributed by atoms with Crippen molar-refractivity contribution in [3.63, 3.8) is 0 Å². The second-order valence-electron chi connectivity index (χ2n) is 5.03. The summed E-state index contributed by atoms with van der Waals surface area (Å²) in [6.07, 6.45) is 0.317. The molecule has 4 nitrogen and oxygen atoms in total. The molecule has 2 aromatic carbocycles. The lowest BCUT2D eigenvalue weighted by Gasteiger charge is -2.11. The molecule has 5 heteroatoms. The monoisotopic (exact) mass is 300 g/mol. The predicted molar refractivity (Wildman–Crippen MR) is 82.9 cm³/mol. The zero-order valence-corrected chi connectivity index (χ0v) is 12.1. The van der Waals surface area contributed by atoms with E-state index in [0.717, 1.165) is 11.3 Å². The molecule has 1 amide bonds. The number of nitrogens with zero attached hydrogens (tertiary/aromatic N) is 1. The number of rotatable bonds is 2. The number of nitrogens with two attached hydrogens (primary N) is 1. The van der Waals surface area contributed by atoms with Gasteiger partial charge in [0, 0.05) is 34.6 Å². The molecule has 0 fully saturated rings. The largest absolute Gasteiger partial charge is 0.398 e. The Kier molecular flexibility index (Phi) is 3.18. The Morgan fingerprint density at radius 2 is 2.00 bits per heavy atom. The molecule has 0 atom stereocenters. The van der Waals surface area contributed by atoms with Crippen LogP contribution in [0.15, 0.2) is 36.4 Å². The maximum absolute atomic E-state index is 12.5. The molecule has 3 rings (SSSR count). The lowest BCUT2D eigenvalue weighted by atomic mass is 9.99. The van der Waals surface area contributed by atoms with E-state index in [1.165, 1.54) is 0 Å². The summed E-state index contributed by atoms with van der Waals surface area (Å²) in [6.45, 7) is 0. The summed E-state index contributed by atoms with van der Waals surface area (Å²) in [5, 5.41) is 0.462. The fourth-order valence-electron chi connectivity index (χ4n) is 2.49. The molecule has 0 aliphatic carbocycles. The first-order valence-corrected chi connectivity index (χ1v) is 6.84. The van der Waals surface area contributed by atoms with Crippen molar-refractivity contribution >= 4 is 34.7 Å². The predicted octanol–water partition coefficient (Wildman–Crippen LogP) is 2.67. The van der Waals surface area contributed by atoms with Crippen LogP contribution in [0.1, 0.15) is 21.5 Å². The highest BCUT2D eigenvalue weighted by Crippen LogP contribution is 2.30. The van der Waals surface area contributed by atoms with E-state index >= 15 is 0 Å². The van der Waals surface area contributed by atoms with Crippen molar-refractivity contribution in [2.75, 3.05) is 17.7 Å². The summed E-state index contributed by atoms with van der Waals surface area (Å²) in [5.74, 6) is -0.170. The molecule has 0 spiro atoms. The lowest BCUT2D eigenvalue weighted by Crippen LogP contribution is -2.20. The molecule has 21 heavy (non-hydrogen) atoms. The minimum Gasteiger partial charge on any atom is -0.398 e. The van der Waals surface area contributed by atoms with Gasteiger partial charge in [-0.15, -0.1) is 0 Å². The van der Waals surface area contributed by atoms with Gasteiger partial charge < -0.3 is 10.6 Å². The lowest BCUT2D eigenvalue weighted by molar-refractivity contribution is -0.117. The quantitative estimate of drug-likeness (QED) is 0.685. The van der Waals surface area contributed by atoms with Gasteiger partial charge in [0.25, 0.3) is 0 Å². The number of amides is 1. The van der Waals surface area contributed by atoms with E-state index < -0.39 is 0 Å². The van der Waals surface area contributed by atoms with Gasteiger partial charge in [-0.2, -0.15) is 0 Å². The van der Waals surface area contributed by atoms with Crippen LogP contribution in [-0.4, -0.2) is 18.7 Å². The van der Waals surface area contributed by atoms with Crippen molar-refractivity contribution < 1.29 is 9.59 Å². The third-order valence-electron chi connectivity index (χ3n) is 3.68. The molecule has 0 radical (unpaired) electrons. The molecule has 0 saturated heterocycles. The number of ketones is 1. The number of carbonyl (C=O) groups excluding carboxylic acids is 2. The molecule has 0 aromatic heterocycles. The van der Waals surface area contributed by atoms with E-state index in [1.54, 1.807) is 48.3 Å². The normalized spacial score (nSPS) is 13.4. The highest BCUT2D eigenvalue weighted by molar-refractivity contribution is 6.31. The number of benzene rings is 2. The van der Waals surface area contributed by atoms with Crippen LogP contribution < -0.4 is 10.6 Å². The third-order valence-corrected chi connectivity index (χ3v) is 3.91. The molecule has 1 heterocycles. The zero-order valence-electron chi connectivity index (χ0n) is 11.4. The first-order valence-electron chi connectivity index (χ1n) is 6.46. The van der Waals surface area contributed by atoms with E-state index in [9.17, 15) is 9.59 Å². The number of hydrogen-bond donors (Lipinski definition) is 1. The van der Waals surface area contributed by atoms with Gasteiger partial charge >= 0.3 is 0 Å². The number of carbonyl (C=O) groups is 2. The Morgan fingerprint density at radius 1 is 1.24 bits per heavy atom. The maximum atomic E-state index is 12.5. The number of hydrogen-bond acceptors (Lipinski definition) is 3. The molecule has 1 aliphatic heterocycles. The van der Waals surface area contributed by atoms with Gasteiger partial charge in [-0.1, -0.05) is 11.6 Å². The summed E-state index contributed by atoms with van der Waals surface area (Å²) in [6, 6.07) is 10.1. The molecule has 2 aromatic rings. The van der Waals surface area contributed by atoms with Gasteiger partial charge in [0.15, 0.2) is 5.78 Å². The average molecular weight is 301 g/mol. The van der Waals surface area contributed by atoms with Gasteiger partial charge in [-0.05, 0) is 42.0 Å². The van der Waals surface area contributed by atoms with E-state index in [4.69, 9.17) is 17.3 Å². The Morgan fingerprint density at radius 3 is 2.76 bits per heavy atom. The molecule has 2 N–H and O–H groups in total. The van der Waals surface area contributed by atoms with Crippen molar-refractivity contribution in [2.45, 2.75) is 6.42 Å². The summed E-state index contributed by atoms with van der Waals surface area (Å²) < 4.78 is 0. The maximum Gasteiger partial charge on any atom is 0.231 e. The van der Waals surface area contributed by atoms with Crippen molar-refractivity contribution in [3.8, 4) is 0 Å². The molecule has 0 bridgehead atoms. The number of fused-ring (bicyclic) bond motifs is 1. The van der Waals surface area contributed by atoms with Gasteiger partial charge in [0.05, 0.1) is 6.42 Å². The van der Waals surface area contributed by atoms with Gasteiger partial charge in [-0.3, -0.25) is 9.59 Å². The highest BCUT2D eigenvalue weighted by Gasteiger charge is 2.25. The second-order valence-corrected chi connectivity index (χ2v) is 5.47. The van der Waals surface area contributed by atoms with Crippen molar-refractivity contribution in [1.29, 1.82) is 0 Å². The van der Waals surface area contributed by atoms with E-state index in [-0.39, 0.29) is 11.7 Å². The topological polar surface area (TPSA) is 63.4 Å². The van der Waals surface area contributed by atoms with E-state index in [1.807, 2.05) is 0 Å². The number of anilines is 2. The summed E-state index contributed by atoms with van der Waals surface area (Å²) >= 11 is 5.92. The molecule has 1 aliphatic rings. The SMILES string of the molecule is CN1C(=O)Cc2cc(C(=O)c3cc(Cl)ccc3N)ccc21. The summed E-state index contributed by atoms with van der Waals surface area (Å²) in [4.78, 5) is 25.8. The summed E-state index contributed by atoms with van der Waals surface area (Å²) in [5.41, 5.74) is 8.81. The number of nitrogen functional groups attached to an aromatic ring is 1. The Bertz CT molecular complexity index is 771. The van der Waals surface area contributed by atoms with Crippen LogP contribution in [0.2, 0.25) is 5.02 Å². The minimum absolute atomic E-state index is 0.0249. The Balaban J connectivity index is 2.02. The van der Waals surface area contributed by atoms with Crippen LogP contribution >= 0.6 is 11.6 Å². The van der Waals surface area contributed by atoms with E-state index in [2.05, 4.69) is 0 Å². The molecule has 0 unspecified atom stereocenters. The van der Waals surface area contributed by atoms with Crippen LogP contribution in [0.3, 0.4) is 0 Å². The van der Waals surface area contributed by atoms with Crippen LogP contribution in [0, 0.1) is 0 Å². The smallest absolute Gasteiger partial charge is 0.231 e. The Hall–Kier alpha value is -2.33. The molecule has 0 saturated carbocycles. The van der Waals surface area contributed by atoms with Crippen molar-refractivity contribution in [3.05, 3.63) is 58.1 Å². The fourth-order valence-corrected chi connectivity index (χ4v) is 2.66. The Labute approximate surface area is 127 Å². The van der Waals surface area contributed by atoms with Crippen LogP contribution in [0.5, 0.6) is 0 Å². The highest BCUT2D eigenvalue weighted by atomic mass is 35.5. The number of halogens is 1. The minimum atomic E-state index is -0.195.